The van der Waals surface area contributed by atoms with E-state index in [4.69, 9.17) is 0 Å². The fourth-order valence-corrected chi connectivity index (χ4v) is 5.07. The van der Waals surface area contributed by atoms with Crippen molar-refractivity contribution < 1.29 is 22.8 Å². The minimum atomic E-state index is -4.45. The summed E-state index contributed by atoms with van der Waals surface area (Å²) in [6, 6.07) is 13.1. The Morgan fingerprint density at radius 2 is 1.71 bits per heavy atom. The summed E-state index contributed by atoms with van der Waals surface area (Å²) in [5.74, 6) is -2.39. The van der Waals surface area contributed by atoms with Crippen LogP contribution in [0.15, 0.2) is 48.7 Å². The van der Waals surface area contributed by atoms with Gasteiger partial charge in [0.1, 0.15) is 0 Å². The van der Waals surface area contributed by atoms with Crippen LogP contribution in [0.5, 0.6) is 0 Å². The van der Waals surface area contributed by atoms with Gasteiger partial charge in [0.05, 0.1) is 17.2 Å². The van der Waals surface area contributed by atoms with Crippen LogP contribution in [0.1, 0.15) is 35.0 Å². The summed E-state index contributed by atoms with van der Waals surface area (Å²) < 4.78 is 38.6. The maximum absolute atomic E-state index is 13.4. The minimum Gasteiger partial charge on any atom is -0.369 e. The van der Waals surface area contributed by atoms with Gasteiger partial charge in [-0.25, -0.2) is 9.97 Å². The van der Waals surface area contributed by atoms with E-state index < -0.39 is 24.4 Å². The molecule has 0 spiro atoms. The van der Waals surface area contributed by atoms with Gasteiger partial charge in [-0.1, -0.05) is 13.0 Å². The van der Waals surface area contributed by atoms with Crippen molar-refractivity contribution in [1.82, 2.24) is 14.9 Å². The number of nitrogens with zero attached hydrogens (tertiary/aromatic N) is 5. The molecule has 0 radical (unpaired) electrons. The molecular formula is C30H34F3N7O2. The highest BCUT2D eigenvalue weighted by Gasteiger charge is 2.37. The molecule has 1 unspecified atom stereocenters. The van der Waals surface area contributed by atoms with Gasteiger partial charge in [-0.15, -0.1) is 0 Å². The Hall–Kier alpha value is -4.19. The number of alkyl halides is 3. The maximum Gasteiger partial charge on any atom is 0.392 e. The first-order valence-corrected chi connectivity index (χ1v) is 13.9. The molecule has 2 aliphatic rings. The zero-order chi connectivity index (χ0) is 30.0. The second-order valence-electron chi connectivity index (χ2n) is 10.9. The number of hydrogen-bond acceptors (Lipinski definition) is 7. The molecule has 0 bridgehead atoms. The van der Waals surface area contributed by atoms with E-state index in [0.717, 1.165) is 44.4 Å². The van der Waals surface area contributed by atoms with Crippen LogP contribution in [-0.2, 0) is 11.2 Å². The molecule has 5 rings (SSSR count). The van der Waals surface area contributed by atoms with Crippen molar-refractivity contribution >= 4 is 40.5 Å². The van der Waals surface area contributed by atoms with Crippen LogP contribution in [0.4, 0.5) is 41.9 Å². The van der Waals surface area contributed by atoms with Gasteiger partial charge < -0.3 is 25.3 Å². The summed E-state index contributed by atoms with van der Waals surface area (Å²) in [7, 11) is 2.13. The average molecular weight is 582 g/mol. The van der Waals surface area contributed by atoms with E-state index in [1.54, 1.807) is 23.1 Å². The number of fused-ring (bicyclic) bond motifs is 1. The number of likely N-dealkylation sites (N-methyl/N-ethyl adjacent to an activating group) is 1. The molecular weight excluding hydrogens is 547 g/mol. The van der Waals surface area contributed by atoms with Gasteiger partial charge >= 0.3 is 6.18 Å². The van der Waals surface area contributed by atoms with Gasteiger partial charge in [0.25, 0.3) is 5.91 Å². The van der Waals surface area contributed by atoms with E-state index in [1.165, 1.54) is 11.9 Å². The molecule has 1 atom stereocenters. The fraction of sp³-hybridized carbons (Fsp3) is 0.400. The number of rotatable bonds is 7. The second kappa shape index (κ2) is 12.0. The molecule has 42 heavy (non-hydrogen) atoms. The highest BCUT2D eigenvalue weighted by molar-refractivity contribution is 6.08. The molecule has 2 aromatic carbocycles. The van der Waals surface area contributed by atoms with Crippen LogP contribution < -0.4 is 20.4 Å². The summed E-state index contributed by atoms with van der Waals surface area (Å²) in [4.78, 5) is 40.9. The van der Waals surface area contributed by atoms with Crippen molar-refractivity contribution in [2.75, 3.05) is 60.2 Å². The first kappa shape index (κ1) is 29.3. The molecule has 12 heteroatoms. The predicted molar refractivity (Wildman–Crippen MR) is 156 cm³/mol. The van der Waals surface area contributed by atoms with E-state index >= 15 is 0 Å². The van der Waals surface area contributed by atoms with E-state index in [2.05, 4.69) is 49.6 Å². The lowest BCUT2D eigenvalue weighted by atomic mass is 10.0. The Labute approximate surface area is 242 Å². The number of halogens is 3. The van der Waals surface area contributed by atoms with Crippen LogP contribution in [0, 0.1) is 12.8 Å². The van der Waals surface area contributed by atoms with Crippen molar-refractivity contribution in [2.24, 2.45) is 5.92 Å². The Morgan fingerprint density at radius 1 is 1.02 bits per heavy atom. The monoisotopic (exact) mass is 581 g/mol. The number of aromatic nitrogens is 2. The summed E-state index contributed by atoms with van der Waals surface area (Å²) in [5.41, 5.74) is 4.69. The van der Waals surface area contributed by atoms with Crippen LogP contribution in [0.3, 0.4) is 0 Å². The van der Waals surface area contributed by atoms with Crippen molar-refractivity contribution in [3.05, 3.63) is 65.5 Å². The summed E-state index contributed by atoms with van der Waals surface area (Å²) in [6.07, 6.45) is -3.14. The standard InChI is InChI=1S/C30H34F3N7O2/c1-19-4-5-22(35-27(41)16-20(2)30(31,32)33)17-26(19)40-11-10-25-24(28(40)42)18-34-29(37-25)36-21-6-8-23(9-7-21)39-14-12-38(3)13-15-39/h4-9,17-18,20H,10-16H2,1-3H3,(H,35,41)(H,34,36,37). The zero-order valence-electron chi connectivity index (χ0n) is 23.8. The molecule has 2 aliphatic heterocycles. The third-order valence-corrected chi connectivity index (χ3v) is 7.74. The highest BCUT2D eigenvalue weighted by Crippen LogP contribution is 2.31. The number of aryl methyl sites for hydroxylation is 1. The lowest BCUT2D eigenvalue weighted by Gasteiger charge is -2.34. The number of anilines is 5. The van der Waals surface area contributed by atoms with E-state index in [9.17, 15) is 22.8 Å². The number of hydrogen-bond donors (Lipinski definition) is 2. The zero-order valence-corrected chi connectivity index (χ0v) is 23.8. The third kappa shape index (κ3) is 6.64. The number of carbonyl (C=O) groups is 2. The maximum atomic E-state index is 13.4. The van der Waals surface area contributed by atoms with Crippen LogP contribution in [-0.4, -0.2) is 72.6 Å². The molecule has 1 aromatic heterocycles. The molecule has 3 heterocycles. The van der Waals surface area contributed by atoms with Gasteiger partial charge in [-0.05, 0) is 55.9 Å². The average Bonchev–Trinajstić information content (AvgIpc) is 2.95. The van der Waals surface area contributed by atoms with Crippen molar-refractivity contribution in [3.63, 3.8) is 0 Å². The minimum absolute atomic E-state index is 0.281. The predicted octanol–water partition coefficient (Wildman–Crippen LogP) is 5.01. The van der Waals surface area contributed by atoms with Gasteiger partial charge in [-0.2, -0.15) is 13.2 Å². The second-order valence-corrected chi connectivity index (χ2v) is 10.9. The smallest absolute Gasteiger partial charge is 0.369 e. The molecule has 222 valence electrons. The van der Waals surface area contributed by atoms with Crippen molar-refractivity contribution in [2.45, 2.75) is 32.9 Å². The summed E-state index contributed by atoms with van der Waals surface area (Å²) >= 11 is 0. The quantitative estimate of drug-likeness (QED) is 0.405. The first-order valence-electron chi connectivity index (χ1n) is 13.9. The number of nitrogens with one attached hydrogen (secondary N) is 2. The number of benzene rings is 2. The normalized spacial score (nSPS) is 16.7. The number of piperazine rings is 1. The molecule has 0 saturated carbocycles. The van der Waals surface area contributed by atoms with Crippen LogP contribution >= 0.6 is 0 Å². The Bertz CT molecular complexity index is 1450. The number of carbonyl (C=O) groups excluding carboxylic acids is 2. The van der Waals surface area contributed by atoms with Gasteiger partial charge in [0.15, 0.2) is 0 Å². The van der Waals surface area contributed by atoms with Crippen molar-refractivity contribution in [3.8, 4) is 0 Å². The van der Waals surface area contributed by atoms with Crippen LogP contribution in [0.2, 0.25) is 0 Å². The fourth-order valence-electron chi connectivity index (χ4n) is 5.07. The molecule has 1 saturated heterocycles. The Kier molecular flexibility index (Phi) is 8.35. The molecule has 0 aliphatic carbocycles. The Morgan fingerprint density at radius 3 is 2.40 bits per heavy atom. The lowest BCUT2D eigenvalue weighted by Crippen LogP contribution is -2.44. The van der Waals surface area contributed by atoms with Gasteiger partial charge in [0.2, 0.25) is 11.9 Å². The van der Waals surface area contributed by atoms with Gasteiger partial charge in [-0.3, -0.25) is 9.59 Å². The first-order chi connectivity index (χ1) is 20.0. The topological polar surface area (TPSA) is 93.7 Å². The van der Waals surface area contributed by atoms with E-state index in [-0.39, 0.29) is 5.91 Å². The summed E-state index contributed by atoms with van der Waals surface area (Å²) in [6.45, 7) is 7.19. The van der Waals surface area contributed by atoms with Crippen LogP contribution in [0.25, 0.3) is 0 Å². The number of amides is 2. The molecule has 2 amide bonds. The SMILES string of the molecule is Cc1ccc(NC(=O)CC(C)C(F)(F)F)cc1N1CCc2nc(Nc3ccc(N4CCN(C)CC4)cc3)ncc2C1=O. The molecule has 1 fully saturated rings. The van der Waals surface area contributed by atoms with Crippen molar-refractivity contribution in [1.29, 1.82) is 0 Å². The Balaban J connectivity index is 1.25. The molecule has 9 nitrogen and oxygen atoms in total. The van der Waals surface area contributed by atoms with Gasteiger partial charge in [0, 0.05) is 74.5 Å². The highest BCUT2D eigenvalue weighted by atomic mass is 19.4. The molecule has 3 aromatic rings. The lowest BCUT2D eigenvalue weighted by molar-refractivity contribution is -0.173. The molecule has 2 N–H and O–H groups in total. The third-order valence-electron chi connectivity index (χ3n) is 7.74. The van der Waals surface area contributed by atoms with E-state index in [0.29, 0.717) is 41.5 Å². The largest absolute Gasteiger partial charge is 0.392 e. The summed E-state index contributed by atoms with van der Waals surface area (Å²) in [5, 5.41) is 5.75. The van der Waals surface area contributed by atoms with E-state index in [1.807, 2.05) is 19.1 Å².